The monoisotopic (exact) mass is 635 g/mol. The van der Waals surface area contributed by atoms with Gasteiger partial charge in [-0.25, -0.2) is 4.79 Å². The number of carbonyl (C=O) groups is 1. The molecule has 1 aliphatic heterocycles. The highest BCUT2D eigenvalue weighted by atomic mass is 35.5. The fraction of sp³-hybridized carbons (Fsp3) is 0.353. The van der Waals surface area contributed by atoms with Crippen LogP contribution in [0.15, 0.2) is 71.3 Å². The average molecular weight is 636 g/mol. The van der Waals surface area contributed by atoms with Crippen LogP contribution in [-0.2, 0) is 24.5 Å². The molecule has 1 fully saturated rings. The lowest BCUT2D eigenvalue weighted by molar-refractivity contribution is 0.0554. The number of nitrogens with one attached hydrogen (secondary N) is 1. The van der Waals surface area contributed by atoms with E-state index in [0.29, 0.717) is 36.3 Å². The van der Waals surface area contributed by atoms with E-state index in [1.807, 2.05) is 60.7 Å². The molecule has 0 unspecified atom stereocenters. The van der Waals surface area contributed by atoms with Gasteiger partial charge in [-0.1, -0.05) is 47.1 Å². The number of hydrogen-bond acceptors (Lipinski definition) is 10. The molecule has 4 aromatic rings. The Morgan fingerprint density at radius 2 is 1.62 bits per heavy atom. The molecule has 1 atom stereocenters. The Kier molecular flexibility index (Phi) is 11.2. The minimum Gasteiger partial charge on any atom is -0.497 e. The zero-order valence-electron chi connectivity index (χ0n) is 25.7. The van der Waals surface area contributed by atoms with Gasteiger partial charge in [-0.3, -0.25) is 0 Å². The summed E-state index contributed by atoms with van der Waals surface area (Å²) >= 11 is 6.94. The van der Waals surface area contributed by atoms with E-state index in [2.05, 4.69) is 15.4 Å². The quantitative estimate of drug-likeness (QED) is 0.126. The van der Waals surface area contributed by atoms with E-state index in [1.165, 1.54) is 7.11 Å². The fourth-order valence-corrected chi connectivity index (χ4v) is 5.42. The second kappa shape index (κ2) is 15.7. The van der Waals surface area contributed by atoms with Crippen LogP contribution in [0.5, 0.6) is 23.0 Å². The number of ether oxygens (including phenoxy) is 5. The molecule has 10 nitrogen and oxygen atoms in total. The Bertz CT molecular complexity index is 1540. The van der Waals surface area contributed by atoms with E-state index in [1.54, 1.807) is 20.3 Å². The molecular formula is C34H38ClN3O7. The first-order valence-electron chi connectivity index (χ1n) is 14.8. The van der Waals surface area contributed by atoms with Crippen molar-refractivity contribution in [2.75, 3.05) is 47.5 Å². The van der Waals surface area contributed by atoms with Crippen molar-refractivity contribution in [2.24, 2.45) is 0 Å². The van der Waals surface area contributed by atoms with Crippen LogP contribution in [0.2, 0.25) is 5.02 Å². The van der Waals surface area contributed by atoms with E-state index < -0.39 is 5.97 Å². The van der Waals surface area contributed by atoms with Crippen molar-refractivity contribution in [2.45, 2.75) is 32.1 Å². The highest BCUT2D eigenvalue weighted by Gasteiger charge is 2.27. The lowest BCUT2D eigenvalue weighted by Gasteiger charge is -2.18. The molecule has 2 heterocycles. The highest BCUT2D eigenvalue weighted by molar-refractivity contribution is 6.33. The minimum absolute atomic E-state index is 0.133. The summed E-state index contributed by atoms with van der Waals surface area (Å²) in [6.45, 7) is 4.66. The number of likely N-dealkylation sites (tertiary alicyclic amines) is 1. The number of nitrogens with zero attached hydrogens (tertiary/aromatic N) is 2. The van der Waals surface area contributed by atoms with Gasteiger partial charge in [0.25, 0.3) is 0 Å². The first-order chi connectivity index (χ1) is 22.0. The summed E-state index contributed by atoms with van der Waals surface area (Å²) in [7, 11) is 4.61. The Morgan fingerprint density at radius 3 is 2.27 bits per heavy atom. The molecular weight excluding hydrogens is 598 g/mol. The van der Waals surface area contributed by atoms with Gasteiger partial charge < -0.3 is 38.4 Å². The summed E-state index contributed by atoms with van der Waals surface area (Å²) in [5, 5.41) is 8.10. The molecule has 0 saturated carbocycles. The predicted octanol–water partition coefficient (Wildman–Crippen LogP) is 5.87. The van der Waals surface area contributed by atoms with Gasteiger partial charge in [0.15, 0.2) is 11.5 Å². The molecule has 238 valence electrons. The van der Waals surface area contributed by atoms with Crippen molar-refractivity contribution in [1.82, 2.24) is 15.4 Å². The molecule has 3 aromatic carbocycles. The highest BCUT2D eigenvalue weighted by Crippen LogP contribution is 2.39. The third kappa shape index (κ3) is 8.48. The summed E-state index contributed by atoms with van der Waals surface area (Å²) in [6, 6.07) is 21.0. The number of aromatic nitrogens is 1. The number of benzene rings is 3. The Balaban J connectivity index is 1.18. The van der Waals surface area contributed by atoms with Crippen LogP contribution in [0.3, 0.4) is 0 Å². The Morgan fingerprint density at radius 1 is 0.956 bits per heavy atom. The van der Waals surface area contributed by atoms with Crippen molar-refractivity contribution in [3.63, 3.8) is 0 Å². The van der Waals surface area contributed by atoms with Gasteiger partial charge in [0.1, 0.15) is 24.7 Å². The number of rotatable bonds is 15. The van der Waals surface area contributed by atoms with Gasteiger partial charge in [-0.2, -0.15) is 0 Å². The van der Waals surface area contributed by atoms with Gasteiger partial charge >= 0.3 is 5.97 Å². The van der Waals surface area contributed by atoms with E-state index in [0.717, 1.165) is 66.5 Å². The van der Waals surface area contributed by atoms with E-state index >= 15 is 0 Å². The normalized spacial score (nSPS) is 14.7. The average Bonchev–Trinajstić information content (AvgIpc) is 3.76. The maximum absolute atomic E-state index is 11.7. The molecule has 1 aliphatic rings. The molecule has 0 bridgehead atoms. The standard InChI is InChI=1S/C34H38ClN3O7/c1-40-27-9-4-23(5-10-27)21-43-30-13-8-25(32(35)33(30)44-22-24-6-11-28(41-2)12-7-24)19-36-15-17-38-16-14-26(20-38)29-18-31(45-37-29)34(39)42-3/h4-13,18,26,36H,14-17,19-22H2,1-3H3/t26-/m1/s1. The van der Waals surface area contributed by atoms with Crippen molar-refractivity contribution in [3.05, 3.63) is 99.9 Å². The second-order valence-electron chi connectivity index (χ2n) is 10.7. The van der Waals surface area contributed by atoms with E-state index in [-0.39, 0.29) is 11.7 Å². The number of methoxy groups -OCH3 is 3. The van der Waals surface area contributed by atoms with Crippen LogP contribution in [0.1, 0.15) is 45.3 Å². The number of carbonyl (C=O) groups excluding carboxylic acids is 1. The van der Waals surface area contributed by atoms with Crippen LogP contribution in [0.4, 0.5) is 0 Å². The van der Waals surface area contributed by atoms with Gasteiger partial charge in [0.2, 0.25) is 5.76 Å². The first kappa shape index (κ1) is 32.2. The van der Waals surface area contributed by atoms with Gasteiger partial charge in [0, 0.05) is 38.2 Å². The third-order valence-corrected chi connectivity index (χ3v) is 8.18. The largest absolute Gasteiger partial charge is 0.497 e. The number of esters is 1. The summed E-state index contributed by atoms with van der Waals surface area (Å²) < 4.78 is 32.8. The Hall–Kier alpha value is -4.25. The third-order valence-electron chi connectivity index (χ3n) is 7.76. The lowest BCUT2D eigenvalue weighted by atomic mass is 10.1. The molecule has 0 spiro atoms. The van der Waals surface area contributed by atoms with Crippen molar-refractivity contribution in [3.8, 4) is 23.0 Å². The predicted molar refractivity (Wildman–Crippen MR) is 169 cm³/mol. The molecule has 0 amide bonds. The minimum atomic E-state index is -0.516. The van der Waals surface area contributed by atoms with Crippen LogP contribution in [0.25, 0.3) is 0 Å². The molecule has 1 saturated heterocycles. The smallest absolute Gasteiger partial charge is 0.376 e. The van der Waals surface area contributed by atoms with Crippen LogP contribution in [0, 0.1) is 0 Å². The lowest BCUT2D eigenvalue weighted by Crippen LogP contribution is -2.30. The van der Waals surface area contributed by atoms with Crippen LogP contribution in [-0.4, -0.2) is 63.5 Å². The number of halogens is 1. The molecule has 5 rings (SSSR count). The summed E-state index contributed by atoms with van der Waals surface area (Å²) in [5.41, 5.74) is 3.67. The SMILES string of the molecule is COC(=O)c1cc([C@@H]2CCN(CCNCc3ccc(OCc4ccc(OC)cc4)c(OCc4ccc(OC)cc4)c3Cl)C2)no1. The van der Waals surface area contributed by atoms with Crippen molar-refractivity contribution >= 4 is 17.6 Å². The molecule has 1 aromatic heterocycles. The van der Waals surface area contributed by atoms with E-state index in [4.69, 9.17) is 39.8 Å². The zero-order chi connectivity index (χ0) is 31.6. The van der Waals surface area contributed by atoms with Crippen molar-refractivity contribution in [1.29, 1.82) is 0 Å². The zero-order valence-corrected chi connectivity index (χ0v) is 26.5. The summed E-state index contributed by atoms with van der Waals surface area (Å²) in [6.07, 6.45) is 0.950. The molecule has 45 heavy (non-hydrogen) atoms. The van der Waals surface area contributed by atoms with E-state index in [9.17, 15) is 4.79 Å². The van der Waals surface area contributed by atoms with Crippen molar-refractivity contribution < 1.29 is 33.0 Å². The molecule has 0 aliphatic carbocycles. The fourth-order valence-electron chi connectivity index (χ4n) is 5.14. The molecule has 1 N–H and O–H groups in total. The molecule has 0 radical (unpaired) electrons. The molecule has 11 heteroatoms. The second-order valence-corrected chi connectivity index (χ2v) is 11.1. The number of hydrogen-bond donors (Lipinski definition) is 1. The maximum Gasteiger partial charge on any atom is 0.376 e. The van der Waals surface area contributed by atoms with Gasteiger partial charge in [0.05, 0.1) is 32.0 Å². The first-order valence-corrected chi connectivity index (χ1v) is 15.2. The van der Waals surface area contributed by atoms with Gasteiger partial charge in [-0.15, -0.1) is 0 Å². The topological polar surface area (TPSA) is 105 Å². The summed E-state index contributed by atoms with van der Waals surface area (Å²) in [5.74, 6) is 2.48. The maximum atomic E-state index is 11.7. The summed E-state index contributed by atoms with van der Waals surface area (Å²) in [4.78, 5) is 14.1. The van der Waals surface area contributed by atoms with Gasteiger partial charge in [-0.05, 0) is 60.0 Å². The van der Waals surface area contributed by atoms with Crippen LogP contribution >= 0.6 is 11.6 Å². The van der Waals surface area contributed by atoms with Crippen LogP contribution < -0.4 is 24.3 Å². The Labute approximate surface area is 268 Å².